The molecule has 1 unspecified atom stereocenters. The summed E-state index contributed by atoms with van der Waals surface area (Å²) in [4.78, 5) is 0. The summed E-state index contributed by atoms with van der Waals surface area (Å²) in [7, 11) is 0. The lowest BCUT2D eigenvalue weighted by molar-refractivity contribution is 0.170. The Labute approximate surface area is 118 Å². The van der Waals surface area contributed by atoms with Crippen molar-refractivity contribution < 1.29 is 5.11 Å². The summed E-state index contributed by atoms with van der Waals surface area (Å²) in [6, 6.07) is 4.81. The quantitative estimate of drug-likeness (QED) is 0.869. The Balaban J connectivity index is 3.03. The lowest BCUT2D eigenvalue weighted by Crippen LogP contribution is -2.28. The Kier molecular flexibility index (Phi) is 5.17. The van der Waals surface area contributed by atoms with Gasteiger partial charge in [-0.3, -0.25) is 0 Å². The first kappa shape index (κ1) is 16.2. The van der Waals surface area contributed by atoms with Crippen molar-refractivity contribution in [3.8, 4) is 0 Å². The Hall–Kier alpha value is -0.860. The summed E-state index contributed by atoms with van der Waals surface area (Å²) >= 11 is 0. The summed E-state index contributed by atoms with van der Waals surface area (Å²) in [5, 5.41) is 13.7. The molecule has 0 spiro atoms. The molecule has 1 atom stereocenters. The van der Waals surface area contributed by atoms with Gasteiger partial charge in [-0.25, -0.2) is 0 Å². The van der Waals surface area contributed by atoms with Crippen LogP contribution in [0.5, 0.6) is 0 Å². The van der Waals surface area contributed by atoms with E-state index in [0.717, 1.165) is 5.56 Å². The van der Waals surface area contributed by atoms with Gasteiger partial charge in [-0.1, -0.05) is 46.8 Å². The first-order valence-electron chi connectivity index (χ1n) is 7.16. The van der Waals surface area contributed by atoms with E-state index in [4.69, 9.17) is 0 Å². The molecule has 2 heteroatoms. The molecule has 0 heterocycles. The highest BCUT2D eigenvalue weighted by atomic mass is 16.3. The second-order valence-corrected chi connectivity index (χ2v) is 6.85. The maximum Gasteiger partial charge on any atom is 0.0919 e. The van der Waals surface area contributed by atoms with Gasteiger partial charge >= 0.3 is 0 Å². The van der Waals surface area contributed by atoms with Crippen molar-refractivity contribution in [3.05, 3.63) is 34.4 Å². The minimum Gasteiger partial charge on any atom is -0.387 e. The fourth-order valence-electron chi connectivity index (χ4n) is 2.38. The van der Waals surface area contributed by atoms with E-state index >= 15 is 0 Å². The molecule has 19 heavy (non-hydrogen) atoms. The minimum atomic E-state index is -0.434. The van der Waals surface area contributed by atoms with E-state index in [1.807, 2.05) is 0 Å². The molecule has 0 aromatic heterocycles. The number of nitrogens with one attached hydrogen (secondary N) is 1. The van der Waals surface area contributed by atoms with Gasteiger partial charge in [0, 0.05) is 12.6 Å². The number of aryl methyl sites for hydroxylation is 2. The number of hydrogen-bond donors (Lipinski definition) is 2. The molecule has 0 aliphatic carbocycles. The highest BCUT2D eigenvalue weighted by Crippen LogP contribution is 2.29. The zero-order valence-electron chi connectivity index (χ0n) is 13.5. The van der Waals surface area contributed by atoms with Crippen LogP contribution in [0.25, 0.3) is 0 Å². The zero-order valence-corrected chi connectivity index (χ0v) is 13.5. The van der Waals surface area contributed by atoms with Crippen LogP contribution >= 0.6 is 0 Å². The lowest BCUT2D eigenvalue weighted by atomic mass is 9.83. The van der Waals surface area contributed by atoms with Crippen LogP contribution < -0.4 is 5.32 Å². The van der Waals surface area contributed by atoms with Crippen LogP contribution in [0, 0.1) is 13.8 Å². The highest BCUT2D eigenvalue weighted by Gasteiger charge is 2.19. The van der Waals surface area contributed by atoms with Crippen molar-refractivity contribution in [3.63, 3.8) is 0 Å². The van der Waals surface area contributed by atoms with Crippen molar-refractivity contribution in [2.24, 2.45) is 0 Å². The lowest BCUT2D eigenvalue weighted by Gasteiger charge is -2.24. The molecule has 0 radical (unpaired) electrons. The molecule has 2 N–H and O–H groups in total. The fraction of sp³-hybridized carbons (Fsp3) is 0.647. The average molecular weight is 263 g/mol. The van der Waals surface area contributed by atoms with Crippen LogP contribution in [0.1, 0.15) is 63.0 Å². The monoisotopic (exact) mass is 263 g/mol. The normalized spacial score (nSPS) is 13.9. The minimum absolute atomic E-state index is 0.148. The van der Waals surface area contributed by atoms with Crippen molar-refractivity contribution >= 4 is 0 Å². The summed E-state index contributed by atoms with van der Waals surface area (Å²) in [6.07, 6.45) is -0.434. The van der Waals surface area contributed by atoms with Crippen molar-refractivity contribution in [1.29, 1.82) is 0 Å². The third-order valence-electron chi connectivity index (χ3n) is 3.51. The second-order valence-electron chi connectivity index (χ2n) is 6.85. The first-order valence-corrected chi connectivity index (χ1v) is 7.16. The molecule has 0 aliphatic heterocycles. The van der Waals surface area contributed by atoms with Gasteiger partial charge in [0.1, 0.15) is 0 Å². The van der Waals surface area contributed by atoms with Crippen LogP contribution in [0.3, 0.4) is 0 Å². The maximum atomic E-state index is 10.4. The van der Waals surface area contributed by atoms with Crippen LogP contribution in [0.2, 0.25) is 0 Å². The maximum absolute atomic E-state index is 10.4. The Bertz CT molecular complexity index is 406. The predicted octanol–water partition coefficient (Wildman–Crippen LogP) is 3.63. The molecular formula is C17H29NO. The number of benzene rings is 1. The standard InChI is InChI=1S/C17H29NO/c1-11(2)18-10-15(19)16-12(3)8-14(9-13(16)4)17(5,6)7/h8-9,11,15,18-19H,10H2,1-7H3. The van der Waals surface area contributed by atoms with Crippen molar-refractivity contribution in [2.45, 2.75) is 66.0 Å². The Morgan fingerprint density at radius 3 is 1.95 bits per heavy atom. The van der Waals surface area contributed by atoms with Gasteiger partial charge in [-0.2, -0.15) is 0 Å². The molecule has 1 rings (SSSR count). The van der Waals surface area contributed by atoms with Crippen LogP contribution in [0.4, 0.5) is 0 Å². The van der Waals surface area contributed by atoms with Gasteiger partial charge in [0.25, 0.3) is 0 Å². The second kappa shape index (κ2) is 6.06. The van der Waals surface area contributed by atoms with E-state index in [9.17, 15) is 5.11 Å². The predicted molar refractivity (Wildman–Crippen MR) is 82.7 cm³/mol. The van der Waals surface area contributed by atoms with Gasteiger partial charge in [0.2, 0.25) is 0 Å². The third-order valence-corrected chi connectivity index (χ3v) is 3.51. The molecule has 1 aromatic carbocycles. The van der Waals surface area contributed by atoms with E-state index in [2.05, 4.69) is 65.9 Å². The molecule has 0 aliphatic rings. The number of aliphatic hydroxyl groups is 1. The average Bonchev–Trinajstić information content (AvgIpc) is 2.24. The van der Waals surface area contributed by atoms with E-state index in [1.165, 1.54) is 16.7 Å². The van der Waals surface area contributed by atoms with Gasteiger partial charge in [-0.05, 0) is 41.5 Å². The Morgan fingerprint density at radius 1 is 1.11 bits per heavy atom. The van der Waals surface area contributed by atoms with E-state index < -0.39 is 6.10 Å². The molecule has 108 valence electrons. The summed E-state index contributed by atoms with van der Waals surface area (Å²) < 4.78 is 0. The number of hydrogen-bond acceptors (Lipinski definition) is 2. The van der Waals surface area contributed by atoms with E-state index in [-0.39, 0.29) is 5.41 Å². The molecular weight excluding hydrogens is 234 g/mol. The van der Waals surface area contributed by atoms with Crippen LogP contribution in [-0.2, 0) is 5.41 Å². The summed E-state index contributed by atoms with van der Waals surface area (Å²) in [5.41, 5.74) is 4.91. The third kappa shape index (κ3) is 4.32. The Morgan fingerprint density at radius 2 is 1.58 bits per heavy atom. The molecule has 0 fully saturated rings. The highest BCUT2D eigenvalue weighted by molar-refractivity contribution is 5.41. The van der Waals surface area contributed by atoms with Gasteiger partial charge in [0.15, 0.2) is 0 Å². The summed E-state index contributed by atoms with van der Waals surface area (Å²) in [5.74, 6) is 0. The fourth-order valence-corrected chi connectivity index (χ4v) is 2.38. The number of rotatable bonds is 4. The number of aliphatic hydroxyl groups excluding tert-OH is 1. The molecule has 0 saturated carbocycles. The molecule has 2 nitrogen and oxygen atoms in total. The van der Waals surface area contributed by atoms with Gasteiger partial charge < -0.3 is 10.4 Å². The van der Waals surface area contributed by atoms with E-state index in [1.54, 1.807) is 0 Å². The van der Waals surface area contributed by atoms with E-state index in [0.29, 0.717) is 12.6 Å². The van der Waals surface area contributed by atoms with Gasteiger partial charge in [0.05, 0.1) is 6.10 Å². The zero-order chi connectivity index (χ0) is 14.8. The van der Waals surface area contributed by atoms with Crippen molar-refractivity contribution in [2.75, 3.05) is 6.54 Å². The molecule has 0 bridgehead atoms. The smallest absolute Gasteiger partial charge is 0.0919 e. The van der Waals surface area contributed by atoms with Gasteiger partial charge in [-0.15, -0.1) is 0 Å². The molecule has 0 saturated heterocycles. The SMILES string of the molecule is Cc1cc(C(C)(C)C)cc(C)c1C(O)CNC(C)C. The van der Waals surface area contributed by atoms with Crippen molar-refractivity contribution in [1.82, 2.24) is 5.32 Å². The van der Waals surface area contributed by atoms with Crippen LogP contribution in [-0.4, -0.2) is 17.7 Å². The topological polar surface area (TPSA) is 32.3 Å². The largest absolute Gasteiger partial charge is 0.387 e. The van der Waals surface area contributed by atoms with Crippen LogP contribution in [0.15, 0.2) is 12.1 Å². The molecule has 1 aromatic rings. The summed E-state index contributed by atoms with van der Waals surface area (Å²) in [6.45, 7) is 15.6. The first-order chi connectivity index (χ1) is 8.62. The molecule has 0 amide bonds.